The number of rotatable bonds is 2. The molecule has 2 aromatic rings. The molecule has 0 atom stereocenters. The van der Waals surface area contributed by atoms with Crippen LogP contribution in [-0.2, 0) is 0 Å². The van der Waals surface area contributed by atoms with Crippen molar-refractivity contribution in [2.75, 3.05) is 5.32 Å². The van der Waals surface area contributed by atoms with E-state index in [1.54, 1.807) is 12.1 Å². The highest BCUT2D eigenvalue weighted by atomic mass is 35.5. The van der Waals surface area contributed by atoms with Crippen molar-refractivity contribution >= 4 is 23.1 Å². The summed E-state index contributed by atoms with van der Waals surface area (Å²) in [5.74, 6) is 0.351. The first-order chi connectivity index (χ1) is 8.08. The molecule has 88 valence electrons. The van der Waals surface area contributed by atoms with Crippen LogP contribution >= 0.6 is 11.6 Å². The fourth-order valence-electron chi connectivity index (χ4n) is 1.36. The van der Waals surface area contributed by atoms with Gasteiger partial charge in [0.1, 0.15) is 5.82 Å². The lowest BCUT2D eigenvalue weighted by Gasteiger charge is -2.10. The summed E-state index contributed by atoms with van der Waals surface area (Å²) in [6.07, 6.45) is 0. The van der Waals surface area contributed by atoms with Crippen LogP contribution in [0.15, 0.2) is 24.3 Å². The summed E-state index contributed by atoms with van der Waals surface area (Å²) in [5, 5.41) is 11.3. The minimum atomic E-state index is -0.273. The maximum absolute atomic E-state index is 12.7. The number of aromatic nitrogens is 2. The summed E-state index contributed by atoms with van der Waals surface area (Å²) in [4.78, 5) is 0. The molecule has 1 aromatic heterocycles. The van der Waals surface area contributed by atoms with Crippen LogP contribution in [0.3, 0.4) is 0 Å². The molecule has 0 aliphatic heterocycles. The van der Waals surface area contributed by atoms with E-state index in [1.165, 1.54) is 12.1 Å². The third kappa shape index (κ3) is 2.53. The first-order valence-corrected chi connectivity index (χ1v) is 5.47. The van der Waals surface area contributed by atoms with Gasteiger partial charge >= 0.3 is 0 Å². The molecule has 0 radical (unpaired) electrons. The van der Waals surface area contributed by atoms with Gasteiger partial charge in [0.15, 0.2) is 11.0 Å². The molecule has 1 heterocycles. The number of nitrogens with zero attached hydrogens (tertiary/aromatic N) is 2. The minimum Gasteiger partial charge on any atom is -0.339 e. The molecule has 0 amide bonds. The molecule has 0 spiro atoms. The Labute approximate surface area is 104 Å². The van der Waals surface area contributed by atoms with E-state index in [0.717, 1.165) is 16.8 Å². The maximum Gasteiger partial charge on any atom is 0.156 e. The van der Waals surface area contributed by atoms with Gasteiger partial charge in [-0.1, -0.05) is 11.6 Å². The van der Waals surface area contributed by atoms with Crippen LogP contribution < -0.4 is 5.32 Å². The van der Waals surface area contributed by atoms with Gasteiger partial charge in [0.2, 0.25) is 0 Å². The summed E-state index contributed by atoms with van der Waals surface area (Å²) < 4.78 is 12.7. The summed E-state index contributed by atoms with van der Waals surface area (Å²) in [5.41, 5.74) is 2.56. The maximum atomic E-state index is 12.7. The van der Waals surface area contributed by atoms with Crippen molar-refractivity contribution in [2.45, 2.75) is 13.8 Å². The quantitative estimate of drug-likeness (QED) is 0.886. The summed E-state index contributed by atoms with van der Waals surface area (Å²) in [7, 11) is 0. The van der Waals surface area contributed by atoms with Gasteiger partial charge in [-0.3, -0.25) is 0 Å². The lowest BCUT2D eigenvalue weighted by Crippen LogP contribution is -2.01. The van der Waals surface area contributed by atoms with Crippen LogP contribution in [0.5, 0.6) is 0 Å². The van der Waals surface area contributed by atoms with Crippen molar-refractivity contribution in [1.82, 2.24) is 10.2 Å². The van der Waals surface area contributed by atoms with Crippen LogP contribution in [0.1, 0.15) is 11.1 Å². The molecule has 0 aliphatic carbocycles. The van der Waals surface area contributed by atoms with Gasteiger partial charge in [-0.15, -0.1) is 10.2 Å². The average Bonchev–Trinajstić information content (AvgIpc) is 2.33. The van der Waals surface area contributed by atoms with E-state index in [2.05, 4.69) is 15.5 Å². The number of halogens is 2. The van der Waals surface area contributed by atoms with Crippen molar-refractivity contribution in [3.8, 4) is 0 Å². The van der Waals surface area contributed by atoms with Crippen LogP contribution in [0.2, 0.25) is 5.15 Å². The van der Waals surface area contributed by atoms with Gasteiger partial charge in [0, 0.05) is 5.69 Å². The SMILES string of the molecule is Cc1c(Cl)nnc(Nc2ccc(F)cc2)c1C. The Morgan fingerprint density at radius 1 is 1.06 bits per heavy atom. The Balaban J connectivity index is 2.30. The highest BCUT2D eigenvalue weighted by Gasteiger charge is 2.08. The molecule has 0 fully saturated rings. The number of hydrogen-bond donors (Lipinski definition) is 1. The van der Waals surface area contributed by atoms with Gasteiger partial charge in [0.05, 0.1) is 0 Å². The second-order valence-corrected chi connectivity index (χ2v) is 4.08. The largest absolute Gasteiger partial charge is 0.339 e. The zero-order chi connectivity index (χ0) is 12.4. The molecule has 1 N–H and O–H groups in total. The fourth-order valence-corrected chi connectivity index (χ4v) is 1.54. The first-order valence-electron chi connectivity index (χ1n) is 5.10. The van der Waals surface area contributed by atoms with Crippen molar-refractivity contribution < 1.29 is 4.39 Å². The zero-order valence-electron chi connectivity index (χ0n) is 9.46. The van der Waals surface area contributed by atoms with Gasteiger partial charge in [0.25, 0.3) is 0 Å². The lowest BCUT2D eigenvalue weighted by atomic mass is 10.2. The fraction of sp³-hybridized carbons (Fsp3) is 0.167. The summed E-state index contributed by atoms with van der Waals surface area (Å²) in [6.45, 7) is 3.78. The first kappa shape index (κ1) is 11.8. The predicted octanol–water partition coefficient (Wildman–Crippen LogP) is 3.63. The smallest absolute Gasteiger partial charge is 0.156 e. The monoisotopic (exact) mass is 251 g/mol. The minimum absolute atomic E-state index is 0.273. The number of benzene rings is 1. The molecule has 0 aliphatic rings. The van der Waals surface area contributed by atoms with Crippen LogP contribution in [0.25, 0.3) is 0 Å². The summed E-state index contributed by atoms with van der Waals surface area (Å²) in [6, 6.07) is 6.04. The highest BCUT2D eigenvalue weighted by molar-refractivity contribution is 6.30. The van der Waals surface area contributed by atoms with Crippen molar-refractivity contribution in [2.24, 2.45) is 0 Å². The molecular weight excluding hydrogens is 241 g/mol. The molecule has 3 nitrogen and oxygen atoms in total. The second-order valence-electron chi connectivity index (χ2n) is 3.72. The molecule has 17 heavy (non-hydrogen) atoms. The molecule has 5 heteroatoms. The zero-order valence-corrected chi connectivity index (χ0v) is 10.2. The molecule has 0 unspecified atom stereocenters. The molecular formula is C12H11ClFN3. The predicted molar refractivity (Wildman–Crippen MR) is 66.2 cm³/mol. The van der Waals surface area contributed by atoms with Crippen LogP contribution in [-0.4, -0.2) is 10.2 Å². The van der Waals surface area contributed by atoms with Gasteiger partial charge in [-0.25, -0.2) is 4.39 Å². The third-order valence-corrected chi connectivity index (χ3v) is 2.93. The average molecular weight is 252 g/mol. The Morgan fingerprint density at radius 3 is 2.35 bits per heavy atom. The summed E-state index contributed by atoms with van der Waals surface area (Å²) >= 11 is 5.86. The van der Waals surface area contributed by atoms with Crippen LogP contribution in [0.4, 0.5) is 15.9 Å². The van der Waals surface area contributed by atoms with E-state index in [-0.39, 0.29) is 5.82 Å². The number of nitrogens with one attached hydrogen (secondary N) is 1. The Morgan fingerprint density at radius 2 is 1.71 bits per heavy atom. The number of anilines is 2. The Hall–Kier alpha value is -1.68. The second kappa shape index (κ2) is 4.67. The van der Waals surface area contributed by atoms with E-state index in [4.69, 9.17) is 11.6 Å². The standard InChI is InChI=1S/C12H11ClFN3/c1-7-8(2)12(17-16-11(7)13)15-10-5-3-9(14)4-6-10/h3-6H,1-2H3,(H,15,17). The van der Waals surface area contributed by atoms with E-state index in [9.17, 15) is 4.39 Å². The van der Waals surface area contributed by atoms with Crippen LogP contribution in [0, 0.1) is 19.7 Å². The van der Waals surface area contributed by atoms with E-state index in [0.29, 0.717) is 11.0 Å². The van der Waals surface area contributed by atoms with Crippen molar-refractivity contribution in [3.05, 3.63) is 46.4 Å². The molecule has 1 aromatic carbocycles. The van der Waals surface area contributed by atoms with Gasteiger partial charge in [-0.05, 0) is 49.2 Å². The lowest BCUT2D eigenvalue weighted by molar-refractivity contribution is 0.628. The molecule has 0 bridgehead atoms. The molecule has 2 rings (SSSR count). The topological polar surface area (TPSA) is 37.8 Å². The molecule has 0 saturated carbocycles. The van der Waals surface area contributed by atoms with Crippen molar-refractivity contribution in [1.29, 1.82) is 0 Å². The normalized spacial score (nSPS) is 10.4. The highest BCUT2D eigenvalue weighted by Crippen LogP contribution is 2.23. The van der Waals surface area contributed by atoms with E-state index >= 15 is 0 Å². The van der Waals surface area contributed by atoms with E-state index in [1.807, 2.05) is 13.8 Å². The van der Waals surface area contributed by atoms with E-state index < -0.39 is 0 Å². The number of hydrogen-bond acceptors (Lipinski definition) is 3. The van der Waals surface area contributed by atoms with Crippen molar-refractivity contribution in [3.63, 3.8) is 0 Å². The van der Waals surface area contributed by atoms with Gasteiger partial charge < -0.3 is 5.32 Å². The third-order valence-electron chi connectivity index (χ3n) is 2.57. The van der Waals surface area contributed by atoms with Gasteiger partial charge in [-0.2, -0.15) is 0 Å². The Bertz CT molecular complexity index is 540. The molecule has 0 saturated heterocycles. The Kier molecular flexibility index (Phi) is 3.24.